The Morgan fingerprint density at radius 3 is 2.48 bits per heavy atom. The number of esters is 2. The van der Waals surface area contributed by atoms with E-state index in [1.165, 1.54) is 23.5 Å². The van der Waals surface area contributed by atoms with Gasteiger partial charge in [-0.1, -0.05) is 0 Å². The summed E-state index contributed by atoms with van der Waals surface area (Å²) in [4.78, 5) is 48.2. The normalized spacial score (nSPS) is 12.7. The van der Waals surface area contributed by atoms with Crippen molar-refractivity contribution in [2.24, 2.45) is 0 Å². The number of carbonyl (C=O) groups excluding carboxylic acids is 4. The number of carbonyl (C=O) groups is 4. The smallest absolute Gasteiger partial charge is 0.341 e. The zero-order valence-corrected chi connectivity index (χ0v) is 17.6. The summed E-state index contributed by atoms with van der Waals surface area (Å²) in [5.41, 5.74) is 1.39. The second-order valence-electron chi connectivity index (χ2n) is 6.79. The molecule has 0 atom stereocenters. The maximum Gasteiger partial charge on any atom is 0.341 e. The highest BCUT2D eigenvalue weighted by Crippen LogP contribution is 2.46. The minimum absolute atomic E-state index is 0.183. The van der Waals surface area contributed by atoms with Crippen molar-refractivity contribution >= 4 is 40.1 Å². The summed E-state index contributed by atoms with van der Waals surface area (Å²) >= 11 is 1.22. The fourth-order valence-corrected chi connectivity index (χ4v) is 3.83. The van der Waals surface area contributed by atoms with Gasteiger partial charge in [0.15, 0.2) is 6.61 Å². The number of hydrogen-bond donors (Lipinski definition) is 2. The Labute approximate surface area is 181 Å². The summed E-state index contributed by atoms with van der Waals surface area (Å²) in [5, 5.41) is 7.09. The maximum absolute atomic E-state index is 12.9. The van der Waals surface area contributed by atoms with Crippen LogP contribution in [0, 0.1) is 5.82 Å². The van der Waals surface area contributed by atoms with Gasteiger partial charge in [0.25, 0.3) is 11.8 Å². The molecule has 2 amide bonds. The van der Waals surface area contributed by atoms with Gasteiger partial charge in [-0.3, -0.25) is 14.4 Å². The lowest BCUT2D eigenvalue weighted by Gasteiger charge is -2.09. The molecule has 2 aromatic rings. The van der Waals surface area contributed by atoms with Crippen LogP contribution in [0.25, 0.3) is 0 Å². The van der Waals surface area contributed by atoms with Crippen LogP contribution in [0.15, 0.2) is 29.6 Å². The molecule has 3 rings (SSSR count). The zero-order valence-electron chi connectivity index (χ0n) is 16.7. The lowest BCUT2D eigenvalue weighted by Crippen LogP contribution is -2.32. The summed E-state index contributed by atoms with van der Waals surface area (Å²) in [6.07, 6.45) is 1.97. The molecule has 1 saturated carbocycles. The van der Waals surface area contributed by atoms with Crippen LogP contribution in [0.5, 0.6) is 0 Å². The predicted molar refractivity (Wildman–Crippen MR) is 111 cm³/mol. The summed E-state index contributed by atoms with van der Waals surface area (Å²) in [6.45, 7) is 0.883. The number of thiophene rings is 1. The van der Waals surface area contributed by atoms with Crippen molar-refractivity contribution in [1.82, 2.24) is 5.32 Å². The molecule has 2 N–H and O–H groups in total. The van der Waals surface area contributed by atoms with Crippen molar-refractivity contribution in [3.8, 4) is 0 Å². The standard InChI is InChI=1S/C21H21FN2O6S/c1-2-29-21(28)18-15(12-3-4-12)11-31-20(18)24-16(25)10-30-17(26)9-23-19(27)13-5-7-14(22)8-6-13/h5-8,11-12H,2-4,9-10H2,1H3,(H,23,27)(H,24,25). The second kappa shape index (κ2) is 10.2. The molecule has 31 heavy (non-hydrogen) atoms. The monoisotopic (exact) mass is 448 g/mol. The lowest BCUT2D eigenvalue weighted by atomic mass is 10.1. The average Bonchev–Trinajstić information content (AvgIpc) is 3.51. The van der Waals surface area contributed by atoms with E-state index in [9.17, 15) is 23.6 Å². The molecule has 1 heterocycles. The van der Waals surface area contributed by atoms with Crippen molar-refractivity contribution in [2.45, 2.75) is 25.7 Å². The largest absolute Gasteiger partial charge is 0.462 e. The van der Waals surface area contributed by atoms with Crippen LogP contribution in [-0.2, 0) is 19.1 Å². The Hall–Kier alpha value is -3.27. The van der Waals surface area contributed by atoms with Gasteiger partial charge in [0.2, 0.25) is 0 Å². The van der Waals surface area contributed by atoms with Crippen LogP contribution in [0.1, 0.15) is 52.0 Å². The Kier molecular flexibility index (Phi) is 7.35. The molecular formula is C21H21FN2O6S. The highest BCUT2D eigenvalue weighted by atomic mass is 32.1. The number of amides is 2. The highest BCUT2D eigenvalue weighted by molar-refractivity contribution is 7.15. The molecular weight excluding hydrogens is 427 g/mol. The van der Waals surface area contributed by atoms with Gasteiger partial charge in [-0.25, -0.2) is 9.18 Å². The van der Waals surface area contributed by atoms with Crippen molar-refractivity contribution in [2.75, 3.05) is 25.1 Å². The number of anilines is 1. The van der Waals surface area contributed by atoms with Crippen LogP contribution >= 0.6 is 11.3 Å². The third-order valence-corrected chi connectivity index (χ3v) is 5.35. The molecule has 0 saturated heterocycles. The molecule has 0 unspecified atom stereocenters. The maximum atomic E-state index is 12.9. The number of rotatable bonds is 9. The number of nitrogens with one attached hydrogen (secondary N) is 2. The fourth-order valence-electron chi connectivity index (χ4n) is 2.79. The molecule has 0 bridgehead atoms. The molecule has 1 aromatic heterocycles. The van der Waals surface area contributed by atoms with Crippen LogP contribution < -0.4 is 10.6 Å². The van der Waals surface area contributed by atoms with Gasteiger partial charge in [-0.2, -0.15) is 0 Å². The number of benzene rings is 1. The minimum Gasteiger partial charge on any atom is -0.462 e. The van der Waals surface area contributed by atoms with Gasteiger partial charge in [-0.15, -0.1) is 11.3 Å². The third kappa shape index (κ3) is 6.11. The van der Waals surface area contributed by atoms with E-state index in [0.717, 1.165) is 30.5 Å². The molecule has 0 aliphatic heterocycles. The van der Waals surface area contributed by atoms with E-state index in [0.29, 0.717) is 16.5 Å². The van der Waals surface area contributed by atoms with Crippen molar-refractivity contribution < 1.29 is 33.0 Å². The fraction of sp³-hybridized carbons (Fsp3) is 0.333. The number of halogens is 1. The molecule has 1 aliphatic carbocycles. The van der Waals surface area contributed by atoms with Crippen LogP contribution in [0.3, 0.4) is 0 Å². The Bertz CT molecular complexity index is 984. The highest BCUT2D eigenvalue weighted by Gasteiger charge is 2.32. The molecule has 1 aromatic carbocycles. The summed E-state index contributed by atoms with van der Waals surface area (Å²) < 4.78 is 22.8. The summed E-state index contributed by atoms with van der Waals surface area (Å²) in [5.74, 6) is -2.70. The molecule has 0 spiro atoms. The molecule has 1 aliphatic rings. The lowest BCUT2D eigenvalue weighted by molar-refractivity contribution is -0.146. The van der Waals surface area contributed by atoms with E-state index in [4.69, 9.17) is 9.47 Å². The first-order valence-electron chi connectivity index (χ1n) is 9.66. The van der Waals surface area contributed by atoms with E-state index in [1.807, 2.05) is 5.38 Å². The van der Waals surface area contributed by atoms with Crippen molar-refractivity contribution in [1.29, 1.82) is 0 Å². The Morgan fingerprint density at radius 1 is 1.13 bits per heavy atom. The van der Waals surface area contributed by atoms with Gasteiger partial charge in [0.05, 0.1) is 12.2 Å². The van der Waals surface area contributed by atoms with E-state index < -0.39 is 42.7 Å². The molecule has 10 heteroatoms. The van der Waals surface area contributed by atoms with Crippen molar-refractivity contribution in [3.05, 3.63) is 52.2 Å². The summed E-state index contributed by atoms with van der Waals surface area (Å²) in [7, 11) is 0. The number of hydrogen-bond acceptors (Lipinski definition) is 7. The number of ether oxygens (including phenoxy) is 2. The summed E-state index contributed by atoms with van der Waals surface area (Å²) in [6, 6.07) is 4.81. The average molecular weight is 448 g/mol. The van der Waals surface area contributed by atoms with Gasteiger partial charge >= 0.3 is 11.9 Å². The minimum atomic E-state index is -0.818. The Morgan fingerprint density at radius 2 is 1.84 bits per heavy atom. The quantitative estimate of drug-likeness (QED) is 0.571. The van der Waals surface area contributed by atoms with E-state index in [2.05, 4.69) is 10.6 Å². The third-order valence-electron chi connectivity index (χ3n) is 4.43. The molecule has 8 nitrogen and oxygen atoms in total. The molecule has 1 fully saturated rings. The van der Waals surface area contributed by atoms with Crippen molar-refractivity contribution in [3.63, 3.8) is 0 Å². The first-order valence-corrected chi connectivity index (χ1v) is 10.5. The van der Waals surface area contributed by atoms with Gasteiger partial charge in [0.1, 0.15) is 17.4 Å². The van der Waals surface area contributed by atoms with Crippen LogP contribution in [0.4, 0.5) is 9.39 Å². The van der Waals surface area contributed by atoms with E-state index >= 15 is 0 Å². The SMILES string of the molecule is CCOC(=O)c1c(C2CC2)csc1NC(=O)COC(=O)CNC(=O)c1ccc(F)cc1. The van der Waals surface area contributed by atoms with Gasteiger partial charge in [0, 0.05) is 5.56 Å². The van der Waals surface area contributed by atoms with Gasteiger partial charge in [-0.05, 0) is 60.9 Å². The van der Waals surface area contributed by atoms with Crippen LogP contribution in [-0.4, -0.2) is 43.5 Å². The predicted octanol–water partition coefficient (Wildman–Crippen LogP) is 2.85. The van der Waals surface area contributed by atoms with Gasteiger partial charge < -0.3 is 20.1 Å². The molecule has 164 valence electrons. The van der Waals surface area contributed by atoms with E-state index in [-0.39, 0.29) is 12.2 Å². The van der Waals surface area contributed by atoms with E-state index in [1.54, 1.807) is 6.92 Å². The topological polar surface area (TPSA) is 111 Å². The molecule has 0 radical (unpaired) electrons. The first-order chi connectivity index (χ1) is 14.9. The van der Waals surface area contributed by atoms with Crippen LogP contribution in [0.2, 0.25) is 0 Å². The zero-order chi connectivity index (χ0) is 22.4. The second-order valence-corrected chi connectivity index (χ2v) is 7.67. The first kappa shape index (κ1) is 22.4. The Balaban J connectivity index is 1.48.